The van der Waals surface area contributed by atoms with E-state index in [1.54, 1.807) is 13.3 Å². The lowest BCUT2D eigenvalue weighted by Gasteiger charge is -2.12. The van der Waals surface area contributed by atoms with Crippen molar-refractivity contribution >= 4 is 0 Å². The van der Waals surface area contributed by atoms with Crippen molar-refractivity contribution in [1.82, 2.24) is 9.78 Å². The number of aromatic nitrogens is 2. The van der Waals surface area contributed by atoms with E-state index in [9.17, 15) is 5.11 Å². The molecule has 2 rings (SSSR count). The summed E-state index contributed by atoms with van der Waals surface area (Å²) >= 11 is 0. The predicted molar refractivity (Wildman–Crippen MR) is 78.8 cm³/mol. The lowest BCUT2D eigenvalue weighted by Crippen LogP contribution is -2.07. The van der Waals surface area contributed by atoms with Gasteiger partial charge in [0.1, 0.15) is 0 Å². The first-order valence-electron chi connectivity index (χ1n) is 7.08. The Balaban J connectivity index is 2.04. The van der Waals surface area contributed by atoms with Crippen LogP contribution >= 0.6 is 0 Å². The Morgan fingerprint density at radius 3 is 2.70 bits per heavy atom. The van der Waals surface area contributed by atoms with E-state index < -0.39 is 6.10 Å². The fourth-order valence-corrected chi connectivity index (χ4v) is 2.34. The summed E-state index contributed by atoms with van der Waals surface area (Å²) in [6, 6.07) is 9.74. The number of aliphatic hydroxyl groups is 1. The van der Waals surface area contributed by atoms with Crippen LogP contribution in [0.2, 0.25) is 0 Å². The molecule has 108 valence electrons. The van der Waals surface area contributed by atoms with Crippen molar-refractivity contribution in [2.45, 2.75) is 38.8 Å². The first kappa shape index (κ1) is 14.6. The van der Waals surface area contributed by atoms with Gasteiger partial charge in [0, 0.05) is 6.54 Å². The zero-order chi connectivity index (χ0) is 14.4. The molecule has 0 amide bonds. The van der Waals surface area contributed by atoms with Gasteiger partial charge in [-0.25, -0.2) is 0 Å². The molecule has 4 heteroatoms. The fourth-order valence-electron chi connectivity index (χ4n) is 2.34. The summed E-state index contributed by atoms with van der Waals surface area (Å²) in [5.74, 6) is 0.804. The topological polar surface area (TPSA) is 47.3 Å². The Labute approximate surface area is 120 Å². The number of hydrogen-bond donors (Lipinski definition) is 1. The van der Waals surface area contributed by atoms with Crippen LogP contribution in [0, 0.1) is 0 Å². The molecule has 0 aliphatic rings. The average molecular weight is 274 g/mol. The summed E-state index contributed by atoms with van der Waals surface area (Å²) in [4.78, 5) is 0. The van der Waals surface area contributed by atoms with E-state index in [-0.39, 0.29) is 0 Å². The first-order chi connectivity index (χ1) is 9.76. The molecule has 1 N–H and O–H groups in total. The summed E-state index contributed by atoms with van der Waals surface area (Å²) in [5, 5.41) is 14.6. The highest BCUT2D eigenvalue weighted by atomic mass is 16.5. The maximum atomic E-state index is 10.2. The number of nitrogens with zero attached hydrogens (tertiary/aromatic N) is 2. The molecule has 0 radical (unpaired) electrons. The molecule has 0 fully saturated rings. The zero-order valence-corrected chi connectivity index (χ0v) is 12.1. The second-order valence-electron chi connectivity index (χ2n) is 4.85. The van der Waals surface area contributed by atoms with Crippen molar-refractivity contribution in [2.24, 2.45) is 0 Å². The van der Waals surface area contributed by atoms with Gasteiger partial charge in [-0.15, -0.1) is 0 Å². The highest BCUT2D eigenvalue weighted by molar-refractivity contribution is 5.26. The van der Waals surface area contributed by atoms with Gasteiger partial charge < -0.3 is 9.84 Å². The zero-order valence-electron chi connectivity index (χ0n) is 12.1. The minimum atomic E-state index is -0.453. The summed E-state index contributed by atoms with van der Waals surface area (Å²) in [6.07, 6.45) is 3.74. The lowest BCUT2D eigenvalue weighted by molar-refractivity contribution is 0.166. The normalized spacial score (nSPS) is 12.3. The molecule has 0 saturated carbocycles. The number of aliphatic hydroxyl groups excluding tert-OH is 1. The van der Waals surface area contributed by atoms with Gasteiger partial charge in [-0.1, -0.05) is 37.3 Å². The van der Waals surface area contributed by atoms with Gasteiger partial charge in [-0.3, -0.25) is 4.68 Å². The standard InChI is InChI=1S/C16H22N2O2/c1-3-11-18-14(16(20-2)12-17-18)9-10-15(19)13-7-5-4-6-8-13/h4-8,12,15,19H,3,9-11H2,1-2H3. The molecular formula is C16H22N2O2. The van der Waals surface area contributed by atoms with Crippen molar-refractivity contribution in [3.8, 4) is 5.75 Å². The van der Waals surface area contributed by atoms with Crippen LogP contribution in [-0.4, -0.2) is 22.0 Å². The van der Waals surface area contributed by atoms with Crippen molar-refractivity contribution in [3.05, 3.63) is 47.8 Å². The molecule has 0 saturated heterocycles. The molecule has 1 aromatic heterocycles. The molecule has 0 aliphatic carbocycles. The molecule has 1 unspecified atom stereocenters. The Morgan fingerprint density at radius 2 is 2.05 bits per heavy atom. The van der Waals surface area contributed by atoms with Crippen LogP contribution in [0.25, 0.3) is 0 Å². The van der Waals surface area contributed by atoms with Gasteiger partial charge in [0.25, 0.3) is 0 Å². The molecular weight excluding hydrogens is 252 g/mol. The first-order valence-corrected chi connectivity index (χ1v) is 7.08. The maximum absolute atomic E-state index is 10.2. The monoisotopic (exact) mass is 274 g/mol. The number of ether oxygens (including phenoxy) is 1. The second-order valence-corrected chi connectivity index (χ2v) is 4.85. The van der Waals surface area contributed by atoms with Gasteiger partial charge in [0.05, 0.1) is 25.1 Å². The number of benzene rings is 1. The highest BCUT2D eigenvalue weighted by Gasteiger charge is 2.14. The van der Waals surface area contributed by atoms with Gasteiger partial charge in [-0.2, -0.15) is 5.10 Å². The van der Waals surface area contributed by atoms with Crippen LogP contribution < -0.4 is 4.74 Å². The number of methoxy groups -OCH3 is 1. The van der Waals surface area contributed by atoms with Crippen molar-refractivity contribution in [3.63, 3.8) is 0 Å². The number of rotatable bonds is 7. The summed E-state index contributed by atoms with van der Waals surface area (Å²) in [7, 11) is 1.66. The van der Waals surface area contributed by atoms with Crippen LogP contribution in [0.3, 0.4) is 0 Å². The lowest BCUT2D eigenvalue weighted by atomic mass is 10.0. The molecule has 20 heavy (non-hydrogen) atoms. The number of aryl methyl sites for hydroxylation is 1. The van der Waals surface area contributed by atoms with E-state index in [1.165, 1.54) is 0 Å². The fraction of sp³-hybridized carbons (Fsp3) is 0.438. The van der Waals surface area contributed by atoms with E-state index in [0.717, 1.165) is 36.4 Å². The van der Waals surface area contributed by atoms with E-state index in [2.05, 4.69) is 12.0 Å². The van der Waals surface area contributed by atoms with Gasteiger partial charge in [0.2, 0.25) is 0 Å². The quantitative estimate of drug-likeness (QED) is 0.844. The van der Waals surface area contributed by atoms with E-state index in [1.807, 2.05) is 35.0 Å². The van der Waals surface area contributed by atoms with Crippen LogP contribution in [0.1, 0.15) is 37.1 Å². The summed E-state index contributed by atoms with van der Waals surface area (Å²) < 4.78 is 7.31. The minimum absolute atomic E-state index is 0.453. The smallest absolute Gasteiger partial charge is 0.159 e. The third-order valence-electron chi connectivity index (χ3n) is 3.40. The molecule has 1 atom stereocenters. The molecule has 0 aliphatic heterocycles. The van der Waals surface area contributed by atoms with Crippen molar-refractivity contribution in [2.75, 3.05) is 7.11 Å². The van der Waals surface area contributed by atoms with Crippen molar-refractivity contribution in [1.29, 1.82) is 0 Å². The van der Waals surface area contributed by atoms with Crippen LogP contribution in [-0.2, 0) is 13.0 Å². The largest absolute Gasteiger partial charge is 0.493 e. The SMILES string of the molecule is CCCn1ncc(OC)c1CCC(O)c1ccccc1. The third kappa shape index (κ3) is 3.39. The van der Waals surface area contributed by atoms with Gasteiger partial charge >= 0.3 is 0 Å². The van der Waals surface area contributed by atoms with Crippen LogP contribution in [0.15, 0.2) is 36.5 Å². The van der Waals surface area contributed by atoms with E-state index >= 15 is 0 Å². The third-order valence-corrected chi connectivity index (χ3v) is 3.40. The Kier molecular flexibility index (Phi) is 5.18. The molecule has 0 spiro atoms. The van der Waals surface area contributed by atoms with Gasteiger partial charge in [-0.05, 0) is 24.8 Å². The Bertz CT molecular complexity index is 523. The molecule has 1 aromatic carbocycles. The second kappa shape index (κ2) is 7.10. The minimum Gasteiger partial charge on any atom is -0.493 e. The molecule has 1 heterocycles. The molecule has 4 nitrogen and oxygen atoms in total. The van der Waals surface area contributed by atoms with Gasteiger partial charge in [0.15, 0.2) is 5.75 Å². The number of hydrogen-bond acceptors (Lipinski definition) is 3. The van der Waals surface area contributed by atoms with Crippen LogP contribution in [0.5, 0.6) is 5.75 Å². The summed E-state index contributed by atoms with van der Waals surface area (Å²) in [6.45, 7) is 3.00. The Hall–Kier alpha value is -1.81. The van der Waals surface area contributed by atoms with E-state index in [4.69, 9.17) is 4.74 Å². The van der Waals surface area contributed by atoms with E-state index in [0.29, 0.717) is 6.42 Å². The maximum Gasteiger partial charge on any atom is 0.159 e. The predicted octanol–water partition coefficient (Wildman–Crippen LogP) is 2.97. The van der Waals surface area contributed by atoms with Crippen LogP contribution in [0.4, 0.5) is 0 Å². The Morgan fingerprint density at radius 1 is 1.30 bits per heavy atom. The average Bonchev–Trinajstić information content (AvgIpc) is 2.88. The summed E-state index contributed by atoms with van der Waals surface area (Å²) in [5.41, 5.74) is 2.01. The van der Waals surface area contributed by atoms with Crippen molar-refractivity contribution < 1.29 is 9.84 Å². The molecule has 2 aromatic rings. The highest BCUT2D eigenvalue weighted by Crippen LogP contribution is 2.24. The molecule has 0 bridgehead atoms.